The average Bonchev–Trinajstić information content (AvgIpc) is 3.60. The largest absolute Gasteiger partial charge is 0.574 e. The zero-order valence-corrected chi connectivity index (χ0v) is 30.7. The number of fused-ring (bicyclic) bond motifs is 8. The topological polar surface area (TPSA) is 39.9 Å². The molecule has 0 aromatic heterocycles. The van der Waals surface area contributed by atoms with Gasteiger partial charge in [-0.3, -0.25) is 9.05 Å². The first kappa shape index (κ1) is 32.2. The van der Waals surface area contributed by atoms with Crippen molar-refractivity contribution in [3.8, 4) is 22.6 Å². The van der Waals surface area contributed by atoms with Crippen LogP contribution in [0, 0.1) is 0 Å². The van der Waals surface area contributed by atoms with Crippen molar-refractivity contribution in [2.75, 3.05) is 6.61 Å². The fraction of sp³-hybridized carbons (Fsp3) is 0.170. The Kier molecular flexibility index (Phi) is 7.47. The molecule has 0 saturated carbocycles. The van der Waals surface area contributed by atoms with Crippen LogP contribution in [-0.4, -0.2) is 34.0 Å². The summed E-state index contributed by atoms with van der Waals surface area (Å²) < 4.78 is 32.5. The standard InChI is InChI=1S/C47H40NO4P/c1-46(2)48-42(32-49-45(48)37-22-10-5-11-23-37)47(30-33-16-6-3-7-17-33,31-34-18-8-4-9-19-34)52-53(46)50-40-28-26-35-20-12-14-24-38(35)43(40)44-39-25-15-13-21-36(39)27-29-41(44)51-53/h3-29,42H,30-32H2,1-2H3/q+2/t42-/m1/s1. The number of ether oxygens (including phenoxy) is 1. The molecule has 6 heteroatoms. The summed E-state index contributed by atoms with van der Waals surface area (Å²) in [6.07, 6.45) is 1.27. The minimum atomic E-state index is -3.45. The van der Waals surface area contributed by atoms with Crippen LogP contribution in [-0.2, 0) is 22.1 Å². The van der Waals surface area contributed by atoms with Gasteiger partial charge in [0.1, 0.15) is 0 Å². The second kappa shape index (κ2) is 12.3. The Morgan fingerprint density at radius 2 is 1.04 bits per heavy atom. The maximum atomic E-state index is 7.97. The molecule has 53 heavy (non-hydrogen) atoms. The molecule has 0 aliphatic carbocycles. The highest BCUT2D eigenvalue weighted by Crippen LogP contribution is 2.78. The number of hydrogen-bond donors (Lipinski definition) is 0. The van der Waals surface area contributed by atoms with Crippen LogP contribution < -0.4 is 9.05 Å². The van der Waals surface area contributed by atoms with Crippen molar-refractivity contribution >= 4 is 35.4 Å². The maximum absolute atomic E-state index is 7.97. The molecule has 0 N–H and O–H groups in total. The molecule has 3 aliphatic rings. The second-order valence-electron chi connectivity index (χ2n) is 14.8. The molecule has 1 atom stereocenters. The Hall–Kier alpha value is -5.48. The monoisotopic (exact) mass is 713 g/mol. The lowest BCUT2D eigenvalue weighted by atomic mass is 9.81. The molecule has 0 amide bonds. The summed E-state index contributed by atoms with van der Waals surface area (Å²) >= 11 is 0. The van der Waals surface area contributed by atoms with Crippen molar-refractivity contribution in [1.82, 2.24) is 0 Å². The predicted octanol–water partition coefficient (Wildman–Crippen LogP) is 11.0. The van der Waals surface area contributed by atoms with Crippen molar-refractivity contribution in [1.29, 1.82) is 0 Å². The number of hydrogen-bond acceptors (Lipinski definition) is 4. The van der Waals surface area contributed by atoms with Gasteiger partial charge in [0.05, 0.1) is 5.56 Å². The van der Waals surface area contributed by atoms with Gasteiger partial charge in [-0.1, -0.05) is 140 Å². The summed E-state index contributed by atoms with van der Waals surface area (Å²) in [4.78, 5) is 0. The molecular weight excluding hydrogens is 673 g/mol. The third kappa shape index (κ3) is 5.10. The second-order valence-corrected chi connectivity index (χ2v) is 17.5. The smallest absolute Gasteiger partial charge is 0.437 e. The SMILES string of the molecule is CC1(C)[N+]2=C(c3ccccc3)OC[C@@H]2C(Cc2ccccc2)(Cc2ccccc2)O[P+]12Oc1ccc3ccccc3c1-c1c(ccc3ccccc13)O2. The molecule has 0 radical (unpaired) electrons. The Bertz CT molecular complexity index is 2410. The summed E-state index contributed by atoms with van der Waals surface area (Å²) in [5.74, 6) is 2.34. The van der Waals surface area contributed by atoms with Crippen molar-refractivity contribution in [2.24, 2.45) is 0 Å². The van der Waals surface area contributed by atoms with E-state index in [0.29, 0.717) is 19.4 Å². The van der Waals surface area contributed by atoms with Gasteiger partial charge in [-0.15, -0.1) is 9.10 Å². The molecule has 3 aliphatic heterocycles. The van der Waals surface area contributed by atoms with E-state index in [2.05, 4.69) is 176 Å². The highest BCUT2D eigenvalue weighted by atomic mass is 31.2. The van der Waals surface area contributed by atoms with Crippen molar-refractivity contribution < 1.29 is 22.9 Å². The van der Waals surface area contributed by atoms with Gasteiger partial charge >= 0.3 is 19.1 Å². The molecule has 7 aromatic carbocycles. The summed E-state index contributed by atoms with van der Waals surface area (Å²) in [7, 11) is -3.45. The number of nitrogens with zero attached hydrogens (tertiary/aromatic N) is 1. The highest BCUT2D eigenvalue weighted by Gasteiger charge is 2.83. The Balaban J connectivity index is 1.28. The van der Waals surface area contributed by atoms with E-state index in [-0.39, 0.29) is 6.04 Å². The molecule has 260 valence electrons. The van der Waals surface area contributed by atoms with E-state index >= 15 is 0 Å². The summed E-state index contributed by atoms with van der Waals surface area (Å²) in [5, 5.41) is 3.70. The van der Waals surface area contributed by atoms with E-state index in [1.165, 1.54) is 11.1 Å². The number of benzene rings is 7. The first-order valence-electron chi connectivity index (χ1n) is 18.4. The average molecular weight is 714 g/mol. The van der Waals surface area contributed by atoms with E-state index in [0.717, 1.165) is 55.6 Å². The summed E-state index contributed by atoms with van der Waals surface area (Å²) in [6.45, 7) is 4.90. The first-order chi connectivity index (χ1) is 25.9. The van der Waals surface area contributed by atoms with Crippen LogP contribution in [0.2, 0.25) is 0 Å². The van der Waals surface area contributed by atoms with Gasteiger partial charge in [0.2, 0.25) is 6.04 Å². The van der Waals surface area contributed by atoms with E-state index in [1.807, 2.05) is 6.07 Å². The first-order valence-corrected chi connectivity index (χ1v) is 19.9. The van der Waals surface area contributed by atoms with E-state index in [4.69, 9.17) is 18.3 Å². The summed E-state index contributed by atoms with van der Waals surface area (Å²) in [5.41, 5.74) is 4.62. The van der Waals surface area contributed by atoms with Gasteiger partial charge in [0.15, 0.2) is 23.7 Å². The highest BCUT2D eigenvalue weighted by molar-refractivity contribution is 7.63. The van der Waals surface area contributed by atoms with Gasteiger partial charge in [-0.2, -0.15) is 0 Å². The van der Waals surface area contributed by atoms with Crippen LogP contribution >= 0.6 is 7.94 Å². The van der Waals surface area contributed by atoms with Crippen molar-refractivity contribution in [3.63, 3.8) is 0 Å². The Morgan fingerprint density at radius 1 is 0.566 bits per heavy atom. The minimum absolute atomic E-state index is 0.152. The molecule has 3 heterocycles. The molecular formula is C47H40NO4P+2. The van der Waals surface area contributed by atoms with E-state index < -0.39 is 18.8 Å². The maximum Gasteiger partial charge on any atom is 0.574 e. The van der Waals surface area contributed by atoms with Crippen LogP contribution in [0.5, 0.6) is 11.5 Å². The predicted molar refractivity (Wildman–Crippen MR) is 214 cm³/mol. The van der Waals surface area contributed by atoms with Gasteiger partial charge < -0.3 is 4.74 Å². The quantitative estimate of drug-likeness (QED) is 0.132. The lowest BCUT2D eigenvalue weighted by Crippen LogP contribution is -2.65. The molecule has 1 fully saturated rings. The fourth-order valence-electron chi connectivity index (χ4n) is 8.76. The fourth-order valence-corrected chi connectivity index (χ4v) is 11.6. The normalized spacial score (nSPS) is 19.0. The third-order valence-corrected chi connectivity index (χ3v) is 14.3. The molecule has 10 rings (SSSR count). The van der Waals surface area contributed by atoms with Gasteiger partial charge in [0.25, 0.3) is 0 Å². The van der Waals surface area contributed by atoms with Crippen LogP contribution in [0.1, 0.15) is 30.5 Å². The zero-order valence-electron chi connectivity index (χ0n) is 29.8. The number of rotatable bonds is 5. The summed E-state index contributed by atoms with van der Waals surface area (Å²) in [6, 6.07) is 57.2. The van der Waals surface area contributed by atoms with Gasteiger partial charge in [0, 0.05) is 37.8 Å². The van der Waals surface area contributed by atoms with Crippen LogP contribution in [0.3, 0.4) is 0 Å². The van der Waals surface area contributed by atoms with Gasteiger partial charge in [-0.05, 0) is 56.9 Å². The zero-order chi connectivity index (χ0) is 35.6. The van der Waals surface area contributed by atoms with Gasteiger partial charge in [-0.25, -0.2) is 0 Å². The molecule has 0 unspecified atom stereocenters. The lowest BCUT2D eigenvalue weighted by Gasteiger charge is -2.45. The molecule has 1 spiro atoms. The van der Waals surface area contributed by atoms with Crippen LogP contribution in [0.15, 0.2) is 164 Å². The molecule has 7 aromatic rings. The minimum Gasteiger partial charge on any atom is -0.437 e. The van der Waals surface area contributed by atoms with E-state index in [1.54, 1.807) is 0 Å². The van der Waals surface area contributed by atoms with Crippen molar-refractivity contribution in [2.45, 2.75) is 43.6 Å². The molecule has 5 nitrogen and oxygen atoms in total. The van der Waals surface area contributed by atoms with Crippen LogP contribution in [0.25, 0.3) is 32.7 Å². The third-order valence-electron chi connectivity index (χ3n) is 11.3. The van der Waals surface area contributed by atoms with Crippen molar-refractivity contribution in [3.05, 3.63) is 180 Å². The molecule has 0 bridgehead atoms. The van der Waals surface area contributed by atoms with Crippen LogP contribution in [0.4, 0.5) is 0 Å². The Labute approximate surface area is 310 Å². The lowest BCUT2D eigenvalue weighted by molar-refractivity contribution is -0.630. The molecule has 1 saturated heterocycles. The van der Waals surface area contributed by atoms with E-state index in [9.17, 15) is 0 Å². The Morgan fingerprint density at radius 3 is 1.57 bits per heavy atom.